The normalized spacial score (nSPS) is 10.8. The standard InChI is InChI=1S/C19H21N3O3/c1-4-14-5-7-15(8-6-14)9-20-16(23)10-24-18-17-12(2)13(3)25-19(17)22-11-21-18/h5-8,11H,4,9-10H2,1-3H3,(H,20,23). The molecular formula is C19H21N3O3. The van der Waals surface area contributed by atoms with Crippen LogP contribution in [0, 0.1) is 13.8 Å². The Bertz CT molecular complexity index is 885. The Kier molecular flexibility index (Phi) is 4.97. The van der Waals surface area contributed by atoms with Crippen LogP contribution in [-0.2, 0) is 17.8 Å². The minimum absolute atomic E-state index is 0.108. The Hall–Kier alpha value is -2.89. The van der Waals surface area contributed by atoms with Crippen molar-refractivity contribution in [3.63, 3.8) is 0 Å². The number of carbonyl (C=O) groups excluding carboxylic acids is 1. The first-order chi connectivity index (χ1) is 12.1. The predicted molar refractivity (Wildman–Crippen MR) is 94.4 cm³/mol. The molecule has 0 atom stereocenters. The molecule has 0 radical (unpaired) electrons. The van der Waals surface area contributed by atoms with Gasteiger partial charge in [0.1, 0.15) is 17.5 Å². The molecule has 3 aromatic rings. The third-order valence-corrected chi connectivity index (χ3v) is 4.19. The zero-order valence-electron chi connectivity index (χ0n) is 14.6. The number of hydrogen-bond acceptors (Lipinski definition) is 5. The van der Waals surface area contributed by atoms with Crippen LogP contribution in [0.4, 0.5) is 0 Å². The highest BCUT2D eigenvalue weighted by Gasteiger charge is 2.15. The fraction of sp³-hybridized carbons (Fsp3) is 0.316. The van der Waals surface area contributed by atoms with Crippen LogP contribution >= 0.6 is 0 Å². The number of benzene rings is 1. The van der Waals surface area contributed by atoms with Gasteiger partial charge in [0.25, 0.3) is 5.91 Å². The largest absolute Gasteiger partial charge is 0.467 e. The molecule has 2 heterocycles. The number of hydrogen-bond donors (Lipinski definition) is 1. The zero-order valence-corrected chi connectivity index (χ0v) is 14.6. The average Bonchev–Trinajstić information content (AvgIpc) is 2.93. The summed E-state index contributed by atoms with van der Waals surface area (Å²) < 4.78 is 11.1. The van der Waals surface area contributed by atoms with Gasteiger partial charge in [0.05, 0.1) is 0 Å². The molecule has 0 aliphatic rings. The highest BCUT2D eigenvalue weighted by molar-refractivity contribution is 5.84. The average molecular weight is 339 g/mol. The molecule has 130 valence electrons. The molecule has 1 N–H and O–H groups in total. The summed E-state index contributed by atoms with van der Waals surface area (Å²) in [5.41, 5.74) is 3.71. The highest BCUT2D eigenvalue weighted by atomic mass is 16.5. The van der Waals surface area contributed by atoms with Crippen LogP contribution in [0.3, 0.4) is 0 Å². The molecule has 6 heteroatoms. The zero-order chi connectivity index (χ0) is 17.8. The summed E-state index contributed by atoms with van der Waals surface area (Å²) in [7, 11) is 0. The molecule has 2 aromatic heterocycles. The van der Waals surface area contributed by atoms with Gasteiger partial charge in [-0.3, -0.25) is 4.79 Å². The summed E-state index contributed by atoms with van der Waals surface area (Å²) in [6.07, 6.45) is 2.37. The van der Waals surface area contributed by atoms with Crippen molar-refractivity contribution in [1.82, 2.24) is 15.3 Å². The van der Waals surface area contributed by atoms with E-state index in [0.717, 1.165) is 23.3 Å². The molecule has 1 aromatic carbocycles. The van der Waals surface area contributed by atoms with E-state index in [-0.39, 0.29) is 12.5 Å². The van der Waals surface area contributed by atoms with Crippen molar-refractivity contribution in [3.8, 4) is 5.88 Å². The molecule has 0 aliphatic heterocycles. The number of nitrogens with zero attached hydrogens (tertiary/aromatic N) is 2. The second-order valence-electron chi connectivity index (χ2n) is 5.88. The monoisotopic (exact) mass is 339 g/mol. The van der Waals surface area contributed by atoms with Gasteiger partial charge in [-0.1, -0.05) is 31.2 Å². The van der Waals surface area contributed by atoms with Crippen molar-refractivity contribution in [2.24, 2.45) is 0 Å². The Morgan fingerprint density at radius 3 is 2.60 bits per heavy atom. The molecule has 6 nitrogen and oxygen atoms in total. The van der Waals surface area contributed by atoms with Crippen molar-refractivity contribution in [3.05, 3.63) is 53.0 Å². The summed E-state index contributed by atoms with van der Waals surface area (Å²) in [6.45, 7) is 6.24. The number of furan rings is 1. The van der Waals surface area contributed by atoms with E-state index in [4.69, 9.17) is 9.15 Å². The van der Waals surface area contributed by atoms with Crippen molar-refractivity contribution in [2.45, 2.75) is 33.7 Å². The maximum Gasteiger partial charge on any atom is 0.258 e. The maximum absolute atomic E-state index is 12.0. The van der Waals surface area contributed by atoms with Gasteiger partial charge in [-0.2, -0.15) is 0 Å². The summed E-state index contributed by atoms with van der Waals surface area (Å²) >= 11 is 0. The van der Waals surface area contributed by atoms with Crippen LogP contribution in [0.5, 0.6) is 5.88 Å². The molecule has 3 rings (SSSR count). The van der Waals surface area contributed by atoms with Crippen LogP contribution in [0.25, 0.3) is 11.1 Å². The Balaban J connectivity index is 1.59. The van der Waals surface area contributed by atoms with Gasteiger partial charge in [-0.15, -0.1) is 0 Å². The van der Waals surface area contributed by atoms with E-state index in [1.165, 1.54) is 11.9 Å². The molecule has 0 fully saturated rings. The number of carbonyl (C=O) groups is 1. The predicted octanol–water partition coefficient (Wildman–Crippen LogP) is 3.10. The molecular weight excluding hydrogens is 318 g/mol. The van der Waals surface area contributed by atoms with Crippen molar-refractivity contribution < 1.29 is 13.9 Å². The molecule has 1 amide bonds. The molecule has 0 bridgehead atoms. The lowest BCUT2D eigenvalue weighted by Gasteiger charge is -2.08. The molecule has 0 saturated carbocycles. The first-order valence-corrected chi connectivity index (χ1v) is 8.26. The SMILES string of the molecule is CCc1ccc(CNC(=O)COc2ncnc3oc(C)c(C)c23)cc1. The van der Waals surface area contributed by atoms with E-state index in [1.54, 1.807) is 0 Å². The lowest BCUT2D eigenvalue weighted by molar-refractivity contribution is -0.123. The topological polar surface area (TPSA) is 77.2 Å². The van der Waals surface area contributed by atoms with Gasteiger partial charge in [0.2, 0.25) is 11.6 Å². The van der Waals surface area contributed by atoms with Gasteiger partial charge >= 0.3 is 0 Å². The van der Waals surface area contributed by atoms with Crippen LogP contribution in [0.1, 0.15) is 29.4 Å². The molecule has 0 aliphatic carbocycles. The molecule has 25 heavy (non-hydrogen) atoms. The number of nitrogens with one attached hydrogen (secondary N) is 1. The number of ether oxygens (including phenoxy) is 1. The molecule has 0 saturated heterocycles. The summed E-state index contributed by atoms with van der Waals surface area (Å²) in [4.78, 5) is 20.2. The maximum atomic E-state index is 12.0. The number of fused-ring (bicyclic) bond motifs is 1. The second kappa shape index (κ2) is 7.34. The smallest absolute Gasteiger partial charge is 0.258 e. The minimum atomic E-state index is -0.204. The van der Waals surface area contributed by atoms with E-state index >= 15 is 0 Å². The summed E-state index contributed by atoms with van der Waals surface area (Å²) in [5.74, 6) is 0.923. The van der Waals surface area contributed by atoms with Gasteiger partial charge in [0.15, 0.2) is 6.61 Å². The fourth-order valence-corrected chi connectivity index (χ4v) is 2.54. The Labute approximate surface area is 146 Å². The third-order valence-electron chi connectivity index (χ3n) is 4.19. The highest BCUT2D eigenvalue weighted by Crippen LogP contribution is 2.29. The summed E-state index contributed by atoms with van der Waals surface area (Å²) in [6, 6.07) is 8.18. The Morgan fingerprint density at radius 1 is 1.16 bits per heavy atom. The van der Waals surface area contributed by atoms with E-state index < -0.39 is 0 Å². The van der Waals surface area contributed by atoms with Gasteiger partial charge in [-0.05, 0) is 31.4 Å². The number of aryl methyl sites for hydroxylation is 3. The van der Waals surface area contributed by atoms with Crippen LogP contribution in [-0.4, -0.2) is 22.5 Å². The van der Waals surface area contributed by atoms with Gasteiger partial charge < -0.3 is 14.5 Å². The number of aromatic nitrogens is 2. The van der Waals surface area contributed by atoms with E-state index in [2.05, 4.69) is 34.3 Å². The van der Waals surface area contributed by atoms with Gasteiger partial charge in [0, 0.05) is 12.1 Å². The van der Waals surface area contributed by atoms with E-state index in [9.17, 15) is 4.79 Å². The number of amides is 1. The van der Waals surface area contributed by atoms with Gasteiger partial charge in [-0.25, -0.2) is 9.97 Å². The van der Waals surface area contributed by atoms with E-state index in [1.807, 2.05) is 26.0 Å². The lowest BCUT2D eigenvalue weighted by atomic mass is 10.1. The lowest BCUT2D eigenvalue weighted by Crippen LogP contribution is -2.28. The molecule has 0 unspecified atom stereocenters. The van der Waals surface area contributed by atoms with Crippen LogP contribution in [0.2, 0.25) is 0 Å². The van der Waals surface area contributed by atoms with E-state index in [0.29, 0.717) is 23.5 Å². The van der Waals surface area contributed by atoms with Crippen molar-refractivity contribution >= 4 is 17.0 Å². The minimum Gasteiger partial charge on any atom is -0.467 e. The Morgan fingerprint density at radius 2 is 1.88 bits per heavy atom. The summed E-state index contributed by atoms with van der Waals surface area (Å²) in [5, 5.41) is 3.55. The fourth-order valence-electron chi connectivity index (χ4n) is 2.54. The quantitative estimate of drug-likeness (QED) is 0.747. The first kappa shape index (κ1) is 17.0. The van der Waals surface area contributed by atoms with Crippen LogP contribution in [0.15, 0.2) is 35.0 Å². The third kappa shape index (κ3) is 3.79. The number of rotatable bonds is 6. The van der Waals surface area contributed by atoms with Crippen molar-refractivity contribution in [2.75, 3.05) is 6.61 Å². The van der Waals surface area contributed by atoms with Crippen LogP contribution < -0.4 is 10.1 Å². The first-order valence-electron chi connectivity index (χ1n) is 8.26. The second-order valence-corrected chi connectivity index (χ2v) is 5.88. The molecule has 0 spiro atoms. The van der Waals surface area contributed by atoms with Crippen molar-refractivity contribution in [1.29, 1.82) is 0 Å².